The Hall–Kier alpha value is -2.96. The van der Waals surface area contributed by atoms with Crippen LogP contribution in [0.2, 0.25) is 0 Å². The van der Waals surface area contributed by atoms with Gasteiger partial charge >= 0.3 is 0 Å². The number of aryl methyl sites for hydroxylation is 2. The molecule has 3 rings (SSSR count). The third-order valence-electron chi connectivity index (χ3n) is 4.79. The second-order valence-corrected chi connectivity index (χ2v) is 6.73. The van der Waals surface area contributed by atoms with Crippen LogP contribution >= 0.6 is 0 Å². The highest BCUT2D eigenvalue weighted by atomic mass is 19.1. The number of aromatic nitrogens is 1. The molecule has 0 radical (unpaired) electrons. The van der Waals surface area contributed by atoms with E-state index in [4.69, 9.17) is 0 Å². The molecule has 0 aliphatic heterocycles. The van der Waals surface area contributed by atoms with Gasteiger partial charge in [-0.1, -0.05) is 6.07 Å². The Kier molecular flexibility index (Phi) is 5.39. The minimum Gasteiger partial charge on any atom is -0.354 e. The van der Waals surface area contributed by atoms with E-state index in [9.17, 15) is 18.8 Å². The van der Waals surface area contributed by atoms with Crippen LogP contribution in [-0.2, 0) is 6.42 Å². The molecule has 3 N–H and O–H groups in total. The number of amides is 2. The summed E-state index contributed by atoms with van der Waals surface area (Å²) in [5, 5.41) is 5.36. The van der Waals surface area contributed by atoms with Gasteiger partial charge in [-0.3, -0.25) is 14.4 Å². The highest BCUT2D eigenvalue weighted by Gasteiger charge is 2.26. The van der Waals surface area contributed by atoms with Crippen molar-refractivity contribution in [3.05, 3.63) is 57.7 Å². The topological polar surface area (TPSA) is 91.1 Å². The number of fused-ring (bicyclic) bond motifs is 1. The minimum atomic E-state index is -0.434. The van der Waals surface area contributed by atoms with Gasteiger partial charge in [0.25, 0.3) is 11.8 Å². The van der Waals surface area contributed by atoms with Crippen LogP contribution in [0.5, 0.6) is 0 Å². The van der Waals surface area contributed by atoms with Gasteiger partial charge in [0, 0.05) is 36.3 Å². The van der Waals surface area contributed by atoms with Crippen LogP contribution in [0, 0.1) is 19.7 Å². The number of H-pyrrole nitrogens is 1. The number of halogens is 1. The highest BCUT2D eigenvalue weighted by Crippen LogP contribution is 2.26. The van der Waals surface area contributed by atoms with Crippen LogP contribution in [0.3, 0.4) is 0 Å². The molecule has 0 unspecified atom stereocenters. The van der Waals surface area contributed by atoms with Crippen LogP contribution in [0.1, 0.15) is 60.9 Å². The van der Waals surface area contributed by atoms with Crippen LogP contribution in [0.4, 0.5) is 4.39 Å². The molecule has 0 saturated heterocycles. The molecule has 1 aliphatic rings. The maximum atomic E-state index is 13.5. The van der Waals surface area contributed by atoms with Gasteiger partial charge in [-0.05, 0) is 49.9 Å². The molecule has 1 aromatic heterocycles. The summed E-state index contributed by atoms with van der Waals surface area (Å²) in [6.07, 6.45) is 2.06. The van der Waals surface area contributed by atoms with E-state index in [-0.39, 0.29) is 30.3 Å². The summed E-state index contributed by atoms with van der Waals surface area (Å²) in [5.74, 6) is -1.08. The van der Waals surface area contributed by atoms with Crippen molar-refractivity contribution in [1.82, 2.24) is 15.6 Å². The summed E-state index contributed by atoms with van der Waals surface area (Å²) in [7, 11) is 0. The van der Waals surface area contributed by atoms with Gasteiger partial charge in [-0.25, -0.2) is 4.39 Å². The largest absolute Gasteiger partial charge is 0.354 e. The minimum absolute atomic E-state index is 0.0710. The molecular formula is C20H22FN3O3. The first-order valence-corrected chi connectivity index (χ1v) is 8.95. The Labute approximate surface area is 156 Å². The lowest BCUT2D eigenvalue weighted by molar-refractivity contribution is 0.0924. The van der Waals surface area contributed by atoms with Crippen molar-refractivity contribution >= 4 is 17.6 Å². The molecule has 6 nitrogen and oxygen atoms in total. The highest BCUT2D eigenvalue weighted by molar-refractivity contribution is 6.04. The Morgan fingerprint density at radius 2 is 1.81 bits per heavy atom. The van der Waals surface area contributed by atoms with E-state index < -0.39 is 11.7 Å². The number of nitrogens with one attached hydrogen (secondary N) is 3. The Bertz CT molecular complexity index is 917. The van der Waals surface area contributed by atoms with E-state index in [1.165, 1.54) is 6.07 Å². The van der Waals surface area contributed by atoms with Crippen molar-refractivity contribution in [2.45, 2.75) is 33.1 Å². The van der Waals surface area contributed by atoms with Crippen molar-refractivity contribution in [2.24, 2.45) is 0 Å². The van der Waals surface area contributed by atoms with E-state index in [2.05, 4.69) is 15.6 Å². The lowest BCUT2D eigenvalue weighted by atomic mass is 9.94. The first-order chi connectivity index (χ1) is 12.9. The predicted octanol–water partition coefficient (Wildman–Crippen LogP) is 2.45. The number of aromatic amines is 1. The number of hydrogen-bond acceptors (Lipinski definition) is 3. The number of benzene rings is 1. The van der Waals surface area contributed by atoms with Crippen molar-refractivity contribution in [3.63, 3.8) is 0 Å². The fourth-order valence-corrected chi connectivity index (χ4v) is 3.28. The standard InChI is InChI=1S/C20H22FN3O3/c1-11-6-7-13(10-14(11)21)19(26)22-8-9-23-20(27)18-12(2)17-15(24-18)4-3-5-16(17)25/h6-7,10,24H,3-5,8-9H2,1-2H3,(H,22,26)(H,23,27). The van der Waals surface area contributed by atoms with Crippen LogP contribution in [0.15, 0.2) is 18.2 Å². The number of hydrogen-bond donors (Lipinski definition) is 3. The molecule has 7 heteroatoms. The van der Waals surface area contributed by atoms with Gasteiger partial charge in [0.05, 0.1) is 0 Å². The average Bonchev–Trinajstić information content (AvgIpc) is 2.98. The molecule has 2 amide bonds. The second kappa shape index (κ2) is 7.73. The van der Waals surface area contributed by atoms with Gasteiger partial charge in [-0.15, -0.1) is 0 Å². The Balaban J connectivity index is 1.53. The Morgan fingerprint density at radius 1 is 1.11 bits per heavy atom. The average molecular weight is 371 g/mol. The molecule has 2 aromatic rings. The van der Waals surface area contributed by atoms with Crippen LogP contribution in [-0.4, -0.2) is 35.7 Å². The van der Waals surface area contributed by atoms with E-state index in [1.807, 2.05) is 0 Å². The number of rotatable bonds is 5. The third kappa shape index (κ3) is 3.92. The zero-order valence-corrected chi connectivity index (χ0v) is 15.4. The summed E-state index contributed by atoms with van der Waals surface area (Å²) in [4.78, 5) is 39.5. The van der Waals surface area contributed by atoms with E-state index in [0.717, 1.165) is 18.5 Å². The molecular weight excluding hydrogens is 349 g/mol. The number of carbonyl (C=O) groups excluding carboxylic acids is 3. The molecule has 0 atom stereocenters. The molecule has 142 valence electrons. The number of Topliss-reactive ketones (excluding diaryl/α,β-unsaturated/α-hetero) is 1. The zero-order chi connectivity index (χ0) is 19.6. The lowest BCUT2D eigenvalue weighted by Crippen LogP contribution is -2.35. The smallest absolute Gasteiger partial charge is 0.268 e. The molecule has 0 fully saturated rings. The molecule has 1 heterocycles. The predicted molar refractivity (Wildman–Crippen MR) is 98.6 cm³/mol. The summed E-state index contributed by atoms with van der Waals surface area (Å²) in [5.41, 5.74) is 3.23. The van der Waals surface area contributed by atoms with Crippen LogP contribution in [0.25, 0.3) is 0 Å². The van der Waals surface area contributed by atoms with Gasteiger partial charge in [0.15, 0.2) is 5.78 Å². The molecule has 1 aromatic carbocycles. The van der Waals surface area contributed by atoms with Crippen molar-refractivity contribution in [1.29, 1.82) is 0 Å². The fraction of sp³-hybridized carbons (Fsp3) is 0.350. The van der Waals surface area contributed by atoms with Crippen LogP contribution < -0.4 is 10.6 Å². The third-order valence-corrected chi connectivity index (χ3v) is 4.79. The summed E-state index contributed by atoms with van der Waals surface area (Å²) >= 11 is 0. The van der Waals surface area contributed by atoms with Gasteiger partial charge in [-0.2, -0.15) is 0 Å². The molecule has 0 saturated carbocycles. The van der Waals surface area contributed by atoms with Gasteiger partial charge in [0.2, 0.25) is 0 Å². The second-order valence-electron chi connectivity index (χ2n) is 6.73. The normalized spacial score (nSPS) is 13.2. The summed E-state index contributed by atoms with van der Waals surface area (Å²) in [6.45, 7) is 3.82. The van der Waals surface area contributed by atoms with Crippen molar-refractivity contribution < 1.29 is 18.8 Å². The first-order valence-electron chi connectivity index (χ1n) is 8.95. The maximum Gasteiger partial charge on any atom is 0.268 e. The molecule has 1 aliphatic carbocycles. The SMILES string of the molecule is Cc1ccc(C(=O)NCCNC(=O)c2[nH]c3c(c2C)C(=O)CCC3)cc1F. The van der Waals surface area contributed by atoms with E-state index >= 15 is 0 Å². The number of carbonyl (C=O) groups is 3. The van der Waals surface area contributed by atoms with Crippen molar-refractivity contribution in [3.8, 4) is 0 Å². The Morgan fingerprint density at radius 3 is 2.48 bits per heavy atom. The zero-order valence-electron chi connectivity index (χ0n) is 15.4. The number of ketones is 1. The molecule has 0 bridgehead atoms. The maximum absolute atomic E-state index is 13.5. The van der Waals surface area contributed by atoms with E-state index in [1.54, 1.807) is 26.0 Å². The van der Waals surface area contributed by atoms with Gasteiger partial charge < -0.3 is 15.6 Å². The summed E-state index contributed by atoms with van der Waals surface area (Å²) < 4.78 is 13.5. The van der Waals surface area contributed by atoms with E-state index in [0.29, 0.717) is 28.8 Å². The quantitative estimate of drug-likeness (QED) is 0.705. The fourth-order valence-electron chi connectivity index (χ4n) is 3.28. The van der Waals surface area contributed by atoms with Gasteiger partial charge in [0.1, 0.15) is 11.5 Å². The molecule has 0 spiro atoms. The van der Waals surface area contributed by atoms with Crippen molar-refractivity contribution in [2.75, 3.05) is 13.1 Å². The monoisotopic (exact) mass is 371 g/mol. The first kappa shape index (κ1) is 18.8. The summed E-state index contributed by atoms with van der Waals surface area (Å²) in [6, 6.07) is 4.28. The lowest BCUT2D eigenvalue weighted by Gasteiger charge is -2.09. The molecule has 27 heavy (non-hydrogen) atoms.